The highest BCUT2D eigenvalue weighted by molar-refractivity contribution is 7.90. The van der Waals surface area contributed by atoms with E-state index in [-0.39, 0.29) is 11.5 Å². The molecule has 6 nitrogen and oxygen atoms in total. The Labute approximate surface area is 172 Å². The van der Waals surface area contributed by atoms with Crippen molar-refractivity contribution in [3.05, 3.63) is 65.8 Å². The lowest BCUT2D eigenvalue weighted by atomic mass is 10.1. The van der Waals surface area contributed by atoms with Crippen LogP contribution in [0, 0.1) is 0 Å². The van der Waals surface area contributed by atoms with Crippen LogP contribution in [-0.2, 0) is 21.2 Å². The summed E-state index contributed by atoms with van der Waals surface area (Å²) in [5.74, 6) is 1.25. The Hall–Kier alpha value is -2.81. The van der Waals surface area contributed by atoms with Crippen molar-refractivity contribution in [2.45, 2.75) is 11.5 Å². The number of hydrogen-bond acceptors (Lipinski definition) is 7. The molecule has 0 amide bonds. The second kappa shape index (κ2) is 7.90. The Balaban J connectivity index is 1.87. The lowest BCUT2D eigenvalue weighted by Gasteiger charge is -2.10. The molecule has 148 valence electrons. The van der Waals surface area contributed by atoms with Crippen LogP contribution in [0.15, 0.2) is 64.9 Å². The molecule has 2 heterocycles. The summed E-state index contributed by atoms with van der Waals surface area (Å²) in [6.07, 6.45) is 1.16. The molecule has 0 aliphatic heterocycles. The van der Waals surface area contributed by atoms with Crippen LogP contribution in [-0.4, -0.2) is 31.8 Å². The van der Waals surface area contributed by atoms with Gasteiger partial charge in [0.25, 0.3) is 0 Å². The molecule has 0 spiro atoms. The highest BCUT2D eigenvalue weighted by Gasteiger charge is 2.18. The van der Waals surface area contributed by atoms with Gasteiger partial charge in [-0.05, 0) is 23.8 Å². The van der Waals surface area contributed by atoms with E-state index in [0.29, 0.717) is 17.5 Å². The first kappa shape index (κ1) is 19.5. The van der Waals surface area contributed by atoms with Crippen LogP contribution in [0.25, 0.3) is 21.3 Å². The van der Waals surface area contributed by atoms with Crippen LogP contribution in [0.1, 0.15) is 5.82 Å². The van der Waals surface area contributed by atoms with Crippen LogP contribution < -0.4 is 4.74 Å². The first-order valence-corrected chi connectivity index (χ1v) is 11.5. The minimum absolute atomic E-state index is 0.186. The second-order valence-corrected chi connectivity index (χ2v) is 9.30. The molecule has 4 aromatic rings. The zero-order valence-corrected chi connectivity index (χ0v) is 17.5. The van der Waals surface area contributed by atoms with E-state index in [1.807, 2.05) is 35.7 Å². The number of ether oxygens (including phenoxy) is 2. The van der Waals surface area contributed by atoms with Gasteiger partial charge in [-0.2, -0.15) is 4.98 Å². The van der Waals surface area contributed by atoms with Gasteiger partial charge in [0.2, 0.25) is 5.88 Å². The van der Waals surface area contributed by atoms with Gasteiger partial charge in [0, 0.05) is 24.3 Å². The van der Waals surface area contributed by atoms with E-state index in [1.54, 1.807) is 19.2 Å². The zero-order chi connectivity index (χ0) is 20.4. The molecular formula is C21H18N2O4S2. The molecule has 0 atom stereocenters. The molecule has 2 aromatic heterocycles. The molecule has 0 aliphatic carbocycles. The van der Waals surface area contributed by atoms with Crippen molar-refractivity contribution in [3.8, 4) is 22.8 Å². The van der Waals surface area contributed by atoms with E-state index >= 15 is 0 Å². The highest BCUT2D eigenvalue weighted by Crippen LogP contribution is 2.39. The maximum atomic E-state index is 11.9. The normalized spacial score (nSPS) is 11.7. The van der Waals surface area contributed by atoms with Gasteiger partial charge in [-0.1, -0.05) is 36.4 Å². The molecule has 0 saturated heterocycles. The zero-order valence-electron chi connectivity index (χ0n) is 15.8. The third-order valence-corrected chi connectivity index (χ3v) is 6.24. The molecule has 0 unspecified atom stereocenters. The summed E-state index contributed by atoms with van der Waals surface area (Å²) in [5, 5.41) is 2.80. The molecule has 0 radical (unpaired) electrons. The molecule has 0 bridgehead atoms. The summed E-state index contributed by atoms with van der Waals surface area (Å²) in [6.45, 7) is 0.244. The number of thiophene rings is 1. The third-order valence-electron chi connectivity index (χ3n) is 4.25. The lowest BCUT2D eigenvalue weighted by molar-refractivity contribution is 0.177. The summed E-state index contributed by atoms with van der Waals surface area (Å²) in [6, 6.07) is 16.3. The number of benzene rings is 2. The maximum absolute atomic E-state index is 11.9. The van der Waals surface area contributed by atoms with Crippen molar-refractivity contribution in [2.75, 3.05) is 13.4 Å². The number of hydrogen-bond donors (Lipinski definition) is 0. The average molecular weight is 427 g/mol. The highest BCUT2D eigenvalue weighted by atomic mass is 32.2. The van der Waals surface area contributed by atoms with Gasteiger partial charge in [0.1, 0.15) is 17.2 Å². The number of rotatable bonds is 6. The molecule has 0 fully saturated rings. The quantitative estimate of drug-likeness (QED) is 0.445. The summed E-state index contributed by atoms with van der Waals surface area (Å²) in [5.41, 5.74) is 1.99. The Kier molecular flexibility index (Phi) is 5.31. The topological polar surface area (TPSA) is 78.4 Å². The fraction of sp³-hybridized carbons (Fsp3) is 0.143. The molecule has 0 saturated carbocycles. The molecule has 4 rings (SSSR count). The van der Waals surface area contributed by atoms with E-state index in [9.17, 15) is 8.42 Å². The van der Waals surface area contributed by atoms with Crippen molar-refractivity contribution in [3.63, 3.8) is 0 Å². The van der Waals surface area contributed by atoms with Crippen molar-refractivity contribution in [1.29, 1.82) is 0 Å². The summed E-state index contributed by atoms with van der Waals surface area (Å²) in [7, 11) is -1.77. The molecule has 2 aromatic carbocycles. The fourth-order valence-corrected chi connectivity index (χ4v) is 4.54. The number of methoxy groups -OCH3 is 1. The first-order valence-electron chi connectivity index (χ1n) is 8.76. The van der Waals surface area contributed by atoms with Gasteiger partial charge in [-0.25, -0.2) is 13.4 Å². The van der Waals surface area contributed by atoms with Crippen molar-refractivity contribution < 1.29 is 17.9 Å². The van der Waals surface area contributed by atoms with Crippen LogP contribution in [0.4, 0.5) is 0 Å². The van der Waals surface area contributed by atoms with Gasteiger partial charge in [0.15, 0.2) is 15.7 Å². The molecule has 8 heteroatoms. The summed E-state index contributed by atoms with van der Waals surface area (Å²) < 4.78 is 35.0. The van der Waals surface area contributed by atoms with E-state index in [0.717, 1.165) is 27.6 Å². The molecule has 0 N–H and O–H groups in total. The minimum Gasteiger partial charge on any atom is -0.438 e. The molecule has 29 heavy (non-hydrogen) atoms. The minimum atomic E-state index is -3.35. The Morgan fingerprint density at radius 2 is 1.83 bits per heavy atom. The van der Waals surface area contributed by atoms with Gasteiger partial charge in [-0.3, -0.25) is 0 Å². The van der Waals surface area contributed by atoms with E-state index in [4.69, 9.17) is 9.47 Å². The second-order valence-electron chi connectivity index (χ2n) is 6.42. The predicted octanol–water partition coefficient (Wildman–Crippen LogP) is 4.70. The van der Waals surface area contributed by atoms with Crippen molar-refractivity contribution in [1.82, 2.24) is 9.97 Å². The molecule has 0 aliphatic rings. The van der Waals surface area contributed by atoms with Crippen LogP contribution >= 0.6 is 11.3 Å². The summed E-state index contributed by atoms with van der Waals surface area (Å²) >= 11 is 1.50. The standard InChI is InChI=1S/C21H18N2O4S2/c1-26-12-18-22-20(27-15-9-6-10-16(11-15)29(2,24)25)19-17(13-28-21(19)23-18)14-7-4-3-5-8-14/h3-11,13H,12H2,1-2H3. The fourth-order valence-electron chi connectivity index (χ4n) is 2.93. The Morgan fingerprint density at radius 1 is 1.03 bits per heavy atom. The largest absolute Gasteiger partial charge is 0.438 e. The van der Waals surface area contributed by atoms with Gasteiger partial charge >= 0.3 is 0 Å². The number of fused-ring (bicyclic) bond motifs is 1. The van der Waals surface area contributed by atoms with Gasteiger partial charge in [0.05, 0.1) is 10.3 Å². The van der Waals surface area contributed by atoms with Crippen molar-refractivity contribution >= 4 is 31.4 Å². The van der Waals surface area contributed by atoms with E-state index < -0.39 is 9.84 Å². The lowest BCUT2D eigenvalue weighted by Crippen LogP contribution is -2.01. The average Bonchev–Trinajstić information content (AvgIpc) is 3.13. The van der Waals surface area contributed by atoms with Crippen LogP contribution in [0.2, 0.25) is 0 Å². The van der Waals surface area contributed by atoms with Crippen molar-refractivity contribution in [2.24, 2.45) is 0 Å². The van der Waals surface area contributed by atoms with E-state index in [1.165, 1.54) is 23.5 Å². The number of sulfone groups is 1. The van der Waals surface area contributed by atoms with Gasteiger partial charge in [-0.15, -0.1) is 11.3 Å². The Bertz CT molecular complexity index is 1270. The predicted molar refractivity (Wildman–Crippen MR) is 113 cm³/mol. The van der Waals surface area contributed by atoms with Crippen LogP contribution in [0.3, 0.4) is 0 Å². The number of aromatic nitrogens is 2. The number of nitrogens with zero attached hydrogens (tertiary/aromatic N) is 2. The summed E-state index contributed by atoms with van der Waals surface area (Å²) in [4.78, 5) is 10.1. The first-order chi connectivity index (χ1) is 14.0. The third kappa shape index (κ3) is 4.14. The smallest absolute Gasteiger partial charge is 0.232 e. The Morgan fingerprint density at radius 3 is 2.55 bits per heavy atom. The van der Waals surface area contributed by atoms with E-state index in [2.05, 4.69) is 9.97 Å². The molecular weight excluding hydrogens is 408 g/mol. The van der Waals surface area contributed by atoms with Crippen LogP contribution in [0.5, 0.6) is 11.6 Å². The van der Waals surface area contributed by atoms with Gasteiger partial charge < -0.3 is 9.47 Å². The maximum Gasteiger partial charge on any atom is 0.232 e. The monoisotopic (exact) mass is 426 g/mol. The SMILES string of the molecule is COCc1nc(Oc2cccc(S(C)(=O)=O)c2)c2c(-c3ccccc3)csc2n1.